The molecule has 1 aromatic carbocycles. The summed E-state index contributed by atoms with van der Waals surface area (Å²) in [4.78, 5) is 13.9. The number of benzene rings is 1. The summed E-state index contributed by atoms with van der Waals surface area (Å²) in [6, 6.07) is 7.15. The Morgan fingerprint density at radius 1 is 1.35 bits per heavy atom. The normalized spacial score (nSPS) is 9.82. The van der Waals surface area contributed by atoms with Crippen LogP contribution < -0.4 is 4.74 Å². The second-order valence-electron chi connectivity index (χ2n) is 4.00. The van der Waals surface area contributed by atoms with Crippen molar-refractivity contribution in [2.45, 2.75) is 13.8 Å². The summed E-state index contributed by atoms with van der Waals surface area (Å²) < 4.78 is 5.06. The highest BCUT2D eigenvalue weighted by Gasteiger charge is 2.13. The molecule has 0 bridgehead atoms. The minimum absolute atomic E-state index is 0.0261. The van der Waals surface area contributed by atoms with Gasteiger partial charge in [0.2, 0.25) is 0 Å². The Bertz CT molecular complexity index is 395. The second-order valence-corrected chi connectivity index (χ2v) is 4.00. The lowest BCUT2D eigenvalue weighted by Crippen LogP contribution is -2.32. The van der Waals surface area contributed by atoms with Crippen molar-refractivity contribution in [1.29, 1.82) is 0 Å². The van der Waals surface area contributed by atoms with Gasteiger partial charge in [-0.05, 0) is 38.1 Å². The Balaban J connectivity index is 2.82. The van der Waals surface area contributed by atoms with Crippen molar-refractivity contribution < 1.29 is 9.53 Å². The van der Waals surface area contributed by atoms with Gasteiger partial charge >= 0.3 is 0 Å². The van der Waals surface area contributed by atoms with Crippen LogP contribution in [0.2, 0.25) is 0 Å². The molecular formula is C14H19NO2. The van der Waals surface area contributed by atoms with Crippen LogP contribution in [0.5, 0.6) is 5.75 Å². The number of rotatable bonds is 5. The van der Waals surface area contributed by atoms with Gasteiger partial charge < -0.3 is 9.64 Å². The number of nitrogens with zero attached hydrogens (tertiary/aromatic N) is 1. The van der Waals surface area contributed by atoms with E-state index < -0.39 is 0 Å². The zero-order valence-corrected chi connectivity index (χ0v) is 10.7. The summed E-state index contributed by atoms with van der Waals surface area (Å²) in [5.74, 6) is 0.780. The zero-order valence-electron chi connectivity index (χ0n) is 10.7. The maximum Gasteiger partial charge on any atom is 0.254 e. The highest BCUT2D eigenvalue weighted by Crippen LogP contribution is 2.13. The van der Waals surface area contributed by atoms with Gasteiger partial charge in [-0.25, -0.2) is 0 Å². The van der Waals surface area contributed by atoms with E-state index in [-0.39, 0.29) is 5.91 Å². The molecule has 1 amide bonds. The van der Waals surface area contributed by atoms with Gasteiger partial charge in [-0.3, -0.25) is 4.79 Å². The van der Waals surface area contributed by atoms with E-state index in [1.807, 2.05) is 13.8 Å². The third-order valence-corrected chi connectivity index (χ3v) is 2.47. The summed E-state index contributed by atoms with van der Waals surface area (Å²) in [5, 5.41) is 0. The Morgan fingerprint density at radius 2 is 1.94 bits per heavy atom. The topological polar surface area (TPSA) is 29.5 Å². The summed E-state index contributed by atoms with van der Waals surface area (Å²) in [5.41, 5.74) is 1.66. The molecule has 0 N–H and O–H groups in total. The minimum atomic E-state index is 0.0261. The van der Waals surface area contributed by atoms with Gasteiger partial charge in [-0.1, -0.05) is 12.2 Å². The van der Waals surface area contributed by atoms with E-state index in [0.29, 0.717) is 18.7 Å². The average Bonchev–Trinajstić information content (AvgIpc) is 2.35. The summed E-state index contributed by atoms with van der Waals surface area (Å²) in [6.45, 7) is 8.99. The van der Waals surface area contributed by atoms with E-state index >= 15 is 0 Å². The Morgan fingerprint density at radius 3 is 2.35 bits per heavy atom. The lowest BCUT2D eigenvalue weighted by Gasteiger charge is -2.21. The number of carbonyl (C=O) groups is 1. The number of hydrogen-bond donors (Lipinski definition) is 0. The van der Waals surface area contributed by atoms with Crippen molar-refractivity contribution in [2.75, 3.05) is 20.2 Å². The predicted molar refractivity (Wildman–Crippen MR) is 69.4 cm³/mol. The maximum atomic E-state index is 12.2. The maximum absolute atomic E-state index is 12.2. The van der Waals surface area contributed by atoms with Crippen molar-refractivity contribution in [3.63, 3.8) is 0 Å². The first-order valence-electron chi connectivity index (χ1n) is 5.66. The fraction of sp³-hybridized carbons (Fsp3) is 0.357. The van der Waals surface area contributed by atoms with E-state index in [0.717, 1.165) is 11.3 Å². The van der Waals surface area contributed by atoms with Gasteiger partial charge in [-0.15, -0.1) is 0 Å². The fourth-order valence-corrected chi connectivity index (χ4v) is 1.57. The molecule has 0 aliphatic carbocycles. The van der Waals surface area contributed by atoms with Gasteiger partial charge in [0.25, 0.3) is 5.91 Å². The molecule has 0 aliphatic rings. The molecule has 0 fully saturated rings. The molecule has 17 heavy (non-hydrogen) atoms. The average molecular weight is 233 g/mol. The van der Waals surface area contributed by atoms with E-state index in [1.165, 1.54) is 0 Å². The Kier molecular flexibility index (Phi) is 4.76. The monoisotopic (exact) mass is 233 g/mol. The van der Waals surface area contributed by atoms with Crippen LogP contribution in [0.25, 0.3) is 0 Å². The summed E-state index contributed by atoms with van der Waals surface area (Å²) >= 11 is 0. The molecule has 0 unspecified atom stereocenters. The molecule has 3 nitrogen and oxygen atoms in total. The highest BCUT2D eigenvalue weighted by atomic mass is 16.5. The van der Waals surface area contributed by atoms with Gasteiger partial charge in [0.1, 0.15) is 5.75 Å². The van der Waals surface area contributed by atoms with Crippen molar-refractivity contribution in [3.05, 3.63) is 42.0 Å². The first-order chi connectivity index (χ1) is 8.08. The number of carbonyl (C=O) groups excluding carboxylic acids is 1. The van der Waals surface area contributed by atoms with Gasteiger partial charge in [0, 0.05) is 18.7 Å². The minimum Gasteiger partial charge on any atom is -0.497 e. The predicted octanol–water partition coefficient (Wildman–Crippen LogP) is 2.73. The van der Waals surface area contributed by atoms with E-state index in [4.69, 9.17) is 4.74 Å². The molecule has 1 rings (SSSR count). The van der Waals surface area contributed by atoms with Gasteiger partial charge in [0.15, 0.2) is 0 Å². The Hall–Kier alpha value is -1.77. The highest BCUT2D eigenvalue weighted by molar-refractivity contribution is 5.94. The fourth-order valence-electron chi connectivity index (χ4n) is 1.57. The molecular weight excluding hydrogens is 214 g/mol. The molecule has 1 aromatic rings. The third kappa shape index (κ3) is 3.63. The molecule has 0 aromatic heterocycles. The standard InChI is InChI=1S/C14H19NO2/c1-5-15(10-11(2)3)14(16)12-6-8-13(17-4)9-7-12/h6-9H,2,5,10H2,1,3-4H3. The Labute approximate surface area is 103 Å². The molecule has 92 valence electrons. The van der Waals surface area contributed by atoms with Crippen LogP contribution in [0.3, 0.4) is 0 Å². The SMILES string of the molecule is C=C(C)CN(CC)C(=O)c1ccc(OC)cc1. The number of amides is 1. The van der Waals surface area contributed by atoms with Crippen molar-refractivity contribution in [3.8, 4) is 5.75 Å². The number of methoxy groups -OCH3 is 1. The lowest BCUT2D eigenvalue weighted by atomic mass is 10.2. The van der Waals surface area contributed by atoms with E-state index in [9.17, 15) is 4.79 Å². The van der Waals surface area contributed by atoms with Crippen LogP contribution in [0.15, 0.2) is 36.4 Å². The number of ether oxygens (including phenoxy) is 1. The molecule has 0 saturated heterocycles. The summed E-state index contributed by atoms with van der Waals surface area (Å²) in [7, 11) is 1.61. The van der Waals surface area contributed by atoms with Crippen LogP contribution in [-0.4, -0.2) is 31.0 Å². The molecule has 0 saturated carbocycles. The zero-order chi connectivity index (χ0) is 12.8. The molecule has 0 spiro atoms. The van der Waals surface area contributed by atoms with Crippen molar-refractivity contribution in [2.24, 2.45) is 0 Å². The van der Waals surface area contributed by atoms with Crippen LogP contribution in [0.1, 0.15) is 24.2 Å². The molecule has 0 heterocycles. The van der Waals surface area contributed by atoms with E-state index in [2.05, 4.69) is 6.58 Å². The van der Waals surface area contributed by atoms with Crippen molar-refractivity contribution >= 4 is 5.91 Å². The van der Waals surface area contributed by atoms with Crippen molar-refractivity contribution in [1.82, 2.24) is 4.90 Å². The molecule has 3 heteroatoms. The first-order valence-corrected chi connectivity index (χ1v) is 5.66. The quantitative estimate of drug-likeness (QED) is 0.732. The van der Waals surface area contributed by atoms with Crippen LogP contribution in [0.4, 0.5) is 0 Å². The van der Waals surface area contributed by atoms with Gasteiger partial charge in [-0.2, -0.15) is 0 Å². The number of hydrogen-bond acceptors (Lipinski definition) is 2. The first kappa shape index (κ1) is 13.3. The van der Waals surface area contributed by atoms with Crippen LogP contribution in [-0.2, 0) is 0 Å². The van der Waals surface area contributed by atoms with Crippen LogP contribution >= 0.6 is 0 Å². The number of likely N-dealkylation sites (N-methyl/N-ethyl adjacent to an activating group) is 1. The molecule has 0 radical (unpaired) electrons. The molecule has 0 aliphatic heterocycles. The molecule has 0 atom stereocenters. The smallest absolute Gasteiger partial charge is 0.254 e. The lowest BCUT2D eigenvalue weighted by molar-refractivity contribution is 0.0778. The largest absolute Gasteiger partial charge is 0.497 e. The van der Waals surface area contributed by atoms with E-state index in [1.54, 1.807) is 36.3 Å². The second kappa shape index (κ2) is 6.09. The van der Waals surface area contributed by atoms with Crippen LogP contribution in [0, 0.1) is 0 Å². The summed E-state index contributed by atoms with van der Waals surface area (Å²) in [6.07, 6.45) is 0. The third-order valence-electron chi connectivity index (χ3n) is 2.47. The van der Waals surface area contributed by atoms with Gasteiger partial charge in [0.05, 0.1) is 7.11 Å².